The van der Waals surface area contributed by atoms with Crippen molar-refractivity contribution in [1.82, 2.24) is 9.97 Å². The van der Waals surface area contributed by atoms with Gasteiger partial charge in [0.1, 0.15) is 16.6 Å². The number of nitriles is 1. The Labute approximate surface area is 134 Å². The minimum atomic E-state index is -0.166. The second-order valence-corrected chi connectivity index (χ2v) is 6.31. The summed E-state index contributed by atoms with van der Waals surface area (Å²) in [4.78, 5) is 8.61. The first-order chi connectivity index (χ1) is 10.8. The molecule has 0 amide bonds. The summed E-state index contributed by atoms with van der Waals surface area (Å²) in [6.07, 6.45) is 2.27. The third-order valence-corrected chi connectivity index (χ3v) is 4.55. The van der Waals surface area contributed by atoms with Crippen molar-refractivity contribution in [3.05, 3.63) is 66.0 Å². The number of hydrogen-bond acceptors (Lipinski definition) is 4. The molecule has 3 aromatic rings. The van der Waals surface area contributed by atoms with E-state index in [1.54, 1.807) is 6.33 Å². The molecule has 0 bridgehead atoms. The summed E-state index contributed by atoms with van der Waals surface area (Å²) in [7, 11) is 0. The summed E-state index contributed by atoms with van der Waals surface area (Å²) >= 11 is 1.51. The van der Waals surface area contributed by atoms with Crippen molar-refractivity contribution in [3.8, 4) is 6.07 Å². The van der Waals surface area contributed by atoms with Crippen LogP contribution >= 0.6 is 11.8 Å². The Bertz CT molecular complexity index is 816. The van der Waals surface area contributed by atoms with Gasteiger partial charge in [0.25, 0.3) is 0 Å². The van der Waals surface area contributed by atoms with E-state index in [1.807, 2.05) is 24.3 Å². The molecule has 3 nitrogen and oxygen atoms in total. The van der Waals surface area contributed by atoms with Gasteiger partial charge in [-0.2, -0.15) is 5.26 Å². The van der Waals surface area contributed by atoms with Crippen molar-refractivity contribution >= 4 is 22.7 Å². The summed E-state index contributed by atoms with van der Waals surface area (Å²) in [6, 6.07) is 18.6. The van der Waals surface area contributed by atoms with Gasteiger partial charge in [-0.25, -0.2) is 9.97 Å². The van der Waals surface area contributed by atoms with Gasteiger partial charge in [0.05, 0.1) is 11.6 Å². The van der Waals surface area contributed by atoms with Crippen molar-refractivity contribution in [2.24, 2.45) is 0 Å². The zero-order valence-corrected chi connectivity index (χ0v) is 13.0. The van der Waals surface area contributed by atoms with E-state index in [9.17, 15) is 5.26 Å². The van der Waals surface area contributed by atoms with Gasteiger partial charge < -0.3 is 0 Å². The molecule has 0 fully saturated rings. The molecule has 0 N–H and O–H groups in total. The monoisotopic (exact) mass is 305 g/mol. The van der Waals surface area contributed by atoms with Crippen molar-refractivity contribution < 1.29 is 0 Å². The average molecular weight is 305 g/mol. The molecular weight excluding hydrogens is 290 g/mol. The normalized spacial score (nSPS) is 12.0. The third kappa shape index (κ3) is 3.26. The van der Waals surface area contributed by atoms with E-state index in [1.165, 1.54) is 22.9 Å². The fraction of sp³-hybridized carbons (Fsp3) is 0.167. The van der Waals surface area contributed by atoms with E-state index in [4.69, 9.17) is 0 Å². The number of aryl methyl sites for hydroxylation is 1. The van der Waals surface area contributed by atoms with Crippen molar-refractivity contribution in [1.29, 1.82) is 5.26 Å². The van der Waals surface area contributed by atoms with E-state index in [-0.39, 0.29) is 5.25 Å². The minimum Gasteiger partial charge on any atom is -0.236 e. The number of nitrogens with zero attached hydrogens (tertiary/aromatic N) is 3. The van der Waals surface area contributed by atoms with Crippen molar-refractivity contribution in [2.45, 2.75) is 23.6 Å². The highest BCUT2D eigenvalue weighted by molar-refractivity contribution is 8.00. The van der Waals surface area contributed by atoms with Crippen LogP contribution < -0.4 is 0 Å². The largest absolute Gasteiger partial charge is 0.236 e. The molecule has 0 aliphatic rings. The Morgan fingerprint density at radius 2 is 1.86 bits per heavy atom. The Morgan fingerprint density at radius 3 is 2.64 bits per heavy atom. The molecule has 0 saturated carbocycles. The number of hydrogen-bond donors (Lipinski definition) is 0. The van der Waals surface area contributed by atoms with Gasteiger partial charge in [0.2, 0.25) is 0 Å². The fourth-order valence-electron chi connectivity index (χ4n) is 2.26. The second-order valence-electron chi connectivity index (χ2n) is 5.12. The first-order valence-corrected chi connectivity index (χ1v) is 7.96. The number of thioether (sulfide) groups is 1. The Hall–Kier alpha value is -2.38. The van der Waals surface area contributed by atoms with Crippen LogP contribution in [-0.4, -0.2) is 15.2 Å². The SMILES string of the molecule is Cc1ccc(C[C@H](C#N)Sc2ncnc3ccccc23)cc1. The molecule has 0 spiro atoms. The van der Waals surface area contributed by atoms with Crippen LogP contribution in [0.1, 0.15) is 11.1 Å². The van der Waals surface area contributed by atoms with Gasteiger partial charge in [-0.1, -0.05) is 59.8 Å². The quantitative estimate of drug-likeness (QED) is 0.536. The molecule has 1 heterocycles. The molecule has 0 saturated heterocycles. The molecule has 1 aromatic heterocycles. The Kier molecular flexibility index (Phi) is 4.36. The summed E-state index contributed by atoms with van der Waals surface area (Å²) in [5.74, 6) is 0. The lowest BCUT2D eigenvalue weighted by Crippen LogP contribution is -2.04. The van der Waals surface area contributed by atoms with Gasteiger partial charge >= 0.3 is 0 Å². The summed E-state index contributed by atoms with van der Waals surface area (Å²) < 4.78 is 0. The first-order valence-electron chi connectivity index (χ1n) is 7.08. The lowest BCUT2D eigenvalue weighted by molar-refractivity contribution is 1.01. The number of para-hydroxylation sites is 1. The molecule has 0 radical (unpaired) electrons. The fourth-order valence-corrected chi connectivity index (χ4v) is 3.27. The van der Waals surface area contributed by atoms with Crippen LogP contribution in [0.2, 0.25) is 0 Å². The van der Waals surface area contributed by atoms with Gasteiger partial charge in [-0.15, -0.1) is 0 Å². The van der Waals surface area contributed by atoms with E-state index in [0.29, 0.717) is 6.42 Å². The maximum atomic E-state index is 9.46. The van der Waals surface area contributed by atoms with Gasteiger partial charge in [-0.3, -0.25) is 0 Å². The molecule has 2 aromatic carbocycles. The summed E-state index contributed by atoms with van der Waals surface area (Å²) in [6.45, 7) is 2.06. The molecule has 0 aliphatic heterocycles. The van der Waals surface area contributed by atoms with Gasteiger partial charge in [0, 0.05) is 5.39 Å². The molecule has 1 atom stereocenters. The van der Waals surface area contributed by atoms with E-state index >= 15 is 0 Å². The number of aromatic nitrogens is 2. The lowest BCUT2D eigenvalue weighted by Gasteiger charge is -2.10. The van der Waals surface area contributed by atoms with Crippen LogP contribution in [0.3, 0.4) is 0 Å². The predicted molar refractivity (Wildman–Crippen MR) is 89.7 cm³/mol. The highest BCUT2D eigenvalue weighted by Gasteiger charge is 2.14. The smallest absolute Gasteiger partial charge is 0.117 e. The van der Waals surface area contributed by atoms with Crippen LogP contribution in [0.5, 0.6) is 0 Å². The highest BCUT2D eigenvalue weighted by Crippen LogP contribution is 2.29. The topological polar surface area (TPSA) is 49.6 Å². The van der Waals surface area contributed by atoms with Crippen molar-refractivity contribution in [2.75, 3.05) is 0 Å². The molecule has 3 rings (SSSR count). The minimum absolute atomic E-state index is 0.166. The summed E-state index contributed by atoms with van der Waals surface area (Å²) in [5, 5.41) is 11.2. The van der Waals surface area contributed by atoms with Crippen LogP contribution in [0.25, 0.3) is 10.9 Å². The van der Waals surface area contributed by atoms with Gasteiger partial charge in [-0.05, 0) is 25.0 Å². The standard InChI is InChI=1S/C18H15N3S/c1-13-6-8-14(9-7-13)10-15(11-19)22-18-16-4-2-3-5-17(16)20-12-21-18/h2-9,12,15H,10H2,1H3/t15-/m1/s1. The zero-order chi connectivity index (χ0) is 15.4. The average Bonchev–Trinajstić information content (AvgIpc) is 2.56. The maximum Gasteiger partial charge on any atom is 0.117 e. The van der Waals surface area contributed by atoms with Crippen LogP contribution in [0.4, 0.5) is 0 Å². The van der Waals surface area contributed by atoms with Crippen molar-refractivity contribution in [3.63, 3.8) is 0 Å². The summed E-state index contributed by atoms with van der Waals surface area (Å²) in [5.41, 5.74) is 3.31. The lowest BCUT2D eigenvalue weighted by atomic mass is 10.1. The Balaban J connectivity index is 1.83. The van der Waals surface area contributed by atoms with Crippen LogP contribution in [-0.2, 0) is 6.42 Å². The number of benzene rings is 2. The van der Waals surface area contributed by atoms with E-state index < -0.39 is 0 Å². The van der Waals surface area contributed by atoms with Gasteiger partial charge in [0.15, 0.2) is 0 Å². The van der Waals surface area contributed by atoms with E-state index in [0.717, 1.165) is 15.9 Å². The number of rotatable bonds is 4. The molecule has 108 valence electrons. The molecule has 4 heteroatoms. The zero-order valence-electron chi connectivity index (χ0n) is 12.2. The molecule has 0 aliphatic carbocycles. The molecule has 22 heavy (non-hydrogen) atoms. The Morgan fingerprint density at radius 1 is 1.09 bits per heavy atom. The maximum absolute atomic E-state index is 9.46. The van der Waals surface area contributed by atoms with Crippen LogP contribution in [0.15, 0.2) is 59.9 Å². The highest BCUT2D eigenvalue weighted by atomic mass is 32.2. The predicted octanol–water partition coefficient (Wildman–Crippen LogP) is 4.17. The molecule has 0 unspecified atom stereocenters. The van der Waals surface area contributed by atoms with E-state index in [2.05, 4.69) is 47.2 Å². The van der Waals surface area contributed by atoms with Crippen LogP contribution in [0, 0.1) is 18.3 Å². The molecular formula is C18H15N3S. The number of fused-ring (bicyclic) bond motifs is 1. The third-order valence-electron chi connectivity index (χ3n) is 3.45. The second kappa shape index (κ2) is 6.59. The first kappa shape index (κ1) is 14.6.